The van der Waals surface area contributed by atoms with Gasteiger partial charge in [0.15, 0.2) is 0 Å². The predicted octanol–water partition coefficient (Wildman–Crippen LogP) is 4.27. The van der Waals surface area contributed by atoms with Crippen molar-refractivity contribution in [2.24, 2.45) is 5.92 Å². The van der Waals surface area contributed by atoms with E-state index in [-0.39, 0.29) is 41.7 Å². The van der Waals surface area contributed by atoms with Crippen LogP contribution < -0.4 is 5.32 Å². The van der Waals surface area contributed by atoms with E-state index in [2.05, 4.69) is 5.32 Å². The van der Waals surface area contributed by atoms with Gasteiger partial charge in [0.2, 0.25) is 11.8 Å². The molecule has 1 N–H and O–H groups in total. The first-order chi connectivity index (χ1) is 13.8. The minimum Gasteiger partial charge on any atom is -0.350 e. The Bertz CT molecular complexity index is 873. The second-order valence-electron chi connectivity index (χ2n) is 7.51. The number of amides is 2. The molecule has 1 heterocycles. The second-order valence-corrected chi connectivity index (χ2v) is 8.58. The molecule has 0 aliphatic carbocycles. The van der Waals surface area contributed by atoms with Crippen LogP contribution in [0.4, 0.5) is 8.78 Å². The molecule has 1 aliphatic heterocycles. The molecular weight excluding hydrogens is 394 g/mol. The van der Waals surface area contributed by atoms with Gasteiger partial charge in [-0.2, -0.15) is 0 Å². The van der Waals surface area contributed by atoms with Crippen molar-refractivity contribution in [2.75, 3.05) is 5.75 Å². The summed E-state index contributed by atoms with van der Waals surface area (Å²) in [6.45, 7) is 4.23. The van der Waals surface area contributed by atoms with Crippen LogP contribution in [0.2, 0.25) is 0 Å². The number of hydrogen-bond donors (Lipinski definition) is 1. The summed E-state index contributed by atoms with van der Waals surface area (Å²) in [4.78, 5) is 27.3. The maximum atomic E-state index is 13.7. The van der Waals surface area contributed by atoms with Gasteiger partial charge < -0.3 is 10.2 Å². The summed E-state index contributed by atoms with van der Waals surface area (Å²) in [7, 11) is 0. The van der Waals surface area contributed by atoms with E-state index in [1.54, 1.807) is 29.2 Å². The van der Waals surface area contributed by atoms with E-state index < -0.39 is 11.4 Å². The molecule has 2 aromatic carbocycles. The predicted molar refractivity (Wildman–Crippen MR) is 110 cm³/mol. The van der Waals surface area contributed by atoms with Crippen molar-refractivity contribution in [1.82, 2.24) is 10.2 Å². The van der Waals surface area contributed by atoms with E-state index in [9.17, 15) is 18.4 Å². The molecule has 0 spiro atoms. The molecule has 4 nitrogen and oxygen atoms in total. The molecule has 0 radical (unpaired) electrons. The third-order valence-electron chi connectivity index (χ3n) is 4.75. The molecule has 1 saturated heterocycles. The van der Waals surface area contributed by atoms with Crippen LogP contribution in [0.15, 0.2) is 48.5 Å². The summed E-state index contributed by atoms with van der Waals surface area (Å²) in [5.74, 6) is -0.671. The topological polar surface area (TPSA) is 49.4 Å². The van der Waals surface area contributed by atoms with Crippen LogP contribution in [-0.4, -0.2) is 28.5 Å². The Morgan fingerprint density at radius 3 is 2.55 bits per heavy atom. The van der Waals surface area contributed by atoms with Gasteiger partial charge in [0.25, 0.3) is 0 Å². The third-order valence-corrected chi connectivity index (χ3v) is 5.98. The molecule has 29 heavy (non-hydrogen) atoms. The number of nitrogens with one attached hydrogen (secondary N) is 1. The fraction of sp³-hybridized carbons (Fsp3) is 0.364. The molecule has 0 aromatic heterocycles. The summed E-state index contributed by atoms with van der Waals surface area (Å²) in [6, 6.07) is 11.4. The Morgan fingerprint density at radius 2 is 1.90 bits per heavy atom. The number of carbonyl (C=O) groups is 2. The van der Waals surface area contributed by atoms with E-state index in [1.165, 1.54) is 36.0 Å². The number of hydrogen-bond acceptors (Lipinski definition) is 3. The molecule has 0 saturated carbocycles. The minimum absolute atomic E-state index is 0.133. The average molecular weight is 419 g/mol. The smallest absolute Gasteiger partial charge is 0.243 e. The number of halogens is 2. The van der Waals surface area contributed by atoms with Gasteiger partial charge in [-0.1, -0.05) is 38.1 Å². The molecule has 7 heteroatoms. The van der Waals surface area contributed by atoms with Gasteiger partial charge in [-0.25, -0.2) is 8.78 Å². The first kappa shape index (κ1) is 21.3. The van der Waals surface area contributed by atoms with Gasteiger partial charge in [0, 0.05) is 6.54 Å². The molecule has 2 aromatic rings. The van der Waals surface area contributed by atoms with Gasteiger partial charge in [-0.3, -0.25) is 9.59 Å². The van der Waals surface area contributed by atoms with Crippen molar-refractivity contribution in [3.8, 4) is 0 Å². The van der Waals surface area contributed by atoms with Gasteiger partial charge in [0.05, 0.1) is 5.75 Å². The number of carbonyl (C=O) groups excluding carboxylic acids is 2. The fourth-order valence-corrected chi connectivity index (χ4v) is 4.61. The van der Waals surface area contributed by atoms with Crippen molar-refractivity contribution in [2.45, 2.75) is 38.2 Å². The maximum absolute atomic E-state index is 13.7. The third kappa shape index (κ3) is 5.35. The van der Waals surface area contributed by atoms with Crippen LogP contribution in [0.25, 0.3) is 0 Å². The van der Waals surface area contributed by atoms with Gasteiger partial charge in [-0.05, 0) is 47.7 Å². The quantitative estimate of drug-likeness (QED) is 0.731. The Kier molecular flexibility index (Phi) is 6.90. The standard InChI is InChI=1S/C22H24F2N2O2S/c1-14(2)10-19(21(28)25-12-15-6-8-17(23)9-7-15)26-20(27)13-29-22(26)16-4-3-5-18(24)11-16/h3-9,11,14,19,22H,10,12-13H2,1-2H3,(H,25,28)/t19-,22+/m1/s1. The second kappa shape index (κ2) is 9.39. The van der Waals surface area contributed by atoms with E-state index in [0.717, 1.165) is 5.56 Å². The zero-order valence-corrected chi connectivity index (χ0v) is 17.2. The van der Waals surface area contributed by atoms with E-state index in [0.29, 0.717) is 12.0 Å². The number of nitrogens with zero attached hydrogens (tertiary/aromatic N) is 1. The van der Waals surface area contributed by atoms with Gasteiger partial charge >= 0.3 is 0 Å². The lowest BCUT2D eigenvalue weighted by molar-refractivity contribution is -0.139. The summed E-state index contributed by atoms with van der Waals surface area (Å²) in [5.41, 5.74) is 1.44. The number of benzene rings is 2. The van der Waals surface area contributed by atoms with Crippen molar-refractivity contribution >= 4 is 23.6 Å². The van der Waals surface area contributed by atoms with Gasteiger partial charge in [0.1, 0.15) is 23.1 Å². The molecular formula is C22H24F2N2O2S. The SMILES string of the molecule is CC(C)C[C@H](C(=O)NCc1ccc(F)cc1)N1C(=O)CS[C@H]1c1cccc(F)c1. The zero-order chi connectivity index (χ0) is 21.0. The van der Waals surface area contributed by atoms with E-state index in [1.807, 2.05) is 13.8 Å². The molecule has 3 rings (SSSR count). The van der Waals surface area contributed by atoms with Crippen molar-refractivity contribution in [1.29, 1.82) is 0 Å². The first-order valence-corrected chi connectivity index (χ1v) is 10.6. The van der Waals surface area contributed by atoms with Crippen LogP contribution >= 0.6 is 11.8 Å². The first-order valence-electron chi connectivity index (χ1n) is 9.55. The molecule has 154 valence electrons. The van der Waals surface area contributed by atoms with Crippen molar-refractivity contribution in [3.63, 3.8) is 0 Å². The molecule has 1 fully saturated rings. The lowest BCUT2D eigenvalue weighted by Crippen LogP contribution is -2.49. The molecule has 2 amide bonds. The lowest BCUT2D eigenvalue weighted by Gasteiger charge is -2.33. The summed E-state index contributed by atoms with van der Waals surface area (Å²) in [5, 5.41) is 2.46. The highest BCUT2D eigenvalue weighted by atomic mass is 32.2. The van der Waals surface area contributed by atoms with E-state index in [4.69, 9.17) is 0 Å². The highest BCUT2D eigenvalue weighted by Crippen LogP contribution is 2.41. The van der Waals surface area contributed by atoms with Crippen LogP contribution in [0.1, 0.15) is 36.8 Å². The summed E-state index contributed by atoms with van der Waals surface area (Å²) >= 11 is 1.40. The normalized spacial score (nSPS) is 17.6. The Hall–Kier alpha value is -2.41. The van der Waals surface area contributed by atoms with Crippen LogP contribution in [0.5, 0.6) is 0 Å². The molecule has 0 unspecified atom stereocenters. The van der Waals surface area contributed by atoms with Crippen LogP contribution in [0, 0.1) is 17.6 Å². The lowest BCUT2D eigenvalue weighted by atomic mass is 10.0. The van der Waals surface area contributed by atoms with Crippen LogP contribution in [-0.2, 0) is 16.1 Å². The van der Waals surface area contributed by atoms with Crippen molar-refractivity contribution in [3.05, 3.63) is 71.3 Å². The summed E-state index contributed by atoms with van der Waals surface area (Å²) in [6.07, 6.45) is 0.493. The van der Waals surface area contributed by atoms with Gasteiger partial charge in [-0.15, -0.1) is 11.8 Å². The Balaban J connectivity index is 1.80. The molecule has 0 bridgehead atoms. The van der Waals surface area contributed by atoms with E-state index >= 15 is 0 Å². The Labute approximate surface area is 173 Å². The largest absolute Gasteiger partial charge is 0.350 e. The average Bonchev–Trinajstić information content (AvgIpc) is 3.06. The number of rotatable bonds is 7. The minimum atomic E-state index is -0.661. The highest BCUT2D eigenvalue weighted by Gasteiger charge is 2.41. The Morgan fingerprint density at radius 1 is 1.17 bits per heavy atom. The van der Waals surface area contributed by atoms with Crippen molar-refractivity contribution < 1.29 is 18.4 Å². The monoisotopic (exact) mass is 418 g/mol. The van der Waals surface area contributed by atoms with Crippen LogP contribution in [0.3, 0.4) is 0 Å². The maximum Gasteiger partial charge on any atom is 0.243 e. The molecule has 1 aliphatic rings. The highest BCUT2D eigenvalue weighted by molar-refractivity contribution is 8.00. The summed E-state index contributed by atoms with van der Waals surface area (Å²) < 4.78 is 26.8. The fourth-order valence-electron chi connectivity index (χ4n) is 3.39. The zero-order valence-electron chi connectivity index (χ0n) is 16.4. The number of thioether (sulfide) groups is 1. The molecule has 2 atom stereocenters.